The van der Waals surface area contributed by atoms with Crippen molar-refractivity contribution < 1.29 is 31.1 Å². The summed E-state index contributed by atoms with van der Waals surface area (Å²) in [7, 11) is 0. The average Bonchev–Trinajstić information content (AvgIpc) is 3.29. The summed E-state index contributed by atoms with van der Waals surface area (Å²) in [6.45, 7) is 1.22. The lowest BCUT2D eigenvalue weighted by atomic mass is 10.0. The molecule has 32 heavy (non-hydrogen) atoms. The zero-order chi connectivity index (χ0) is 23.2. The van der Waals surface area contributed by atoms with Gasteiger partial charge in [0.05, 0.1) is 0 Å². The standard InChI is InChI=1S/C18H13F6N7O/c1-8(32)25-10(4-9-5-12(20)13(21)7-11(9)19)6-15-27-28-17-30(15)3-2-14-26-16(18(22,23)24)29-31(14)17/h2-3,5,7,10H,4,6H2,1H3,(H,25,32)/t10-/m1/s1. The van der Waals surface area contributed by atoms with Gasteiger partial charge in [-0.15, -0.1) is 15.3 Å². The molecular formula is C18H13F6N7O. The number of carbonyl (C=O) groups excluding carboxylic acids is 1. The minimum Gasteiger partial charge on any atom is -0.353 e. The fourth-order valence-electron chi connectivity index (χ4n) is 3.26. The van der Waals surface area contributed by atoms with Crippen molar-refractivity contribution in [2.75, 3.05) is 0 Å². The summed E-state index contributed by atoms with van der Waals surface area (Å²) in [6.07, 6.45) is -3.64. The van der Waals surface area contributed by atoms with Gasteiger partial charge in [0.2, 0.25) is 5.91 Å². The maximum absolute atomic E-state index is 14.1. The number of rotatable bonds is 5. The molecule has 1 aromatic carbocycles. The molecule has 4 rings (SSSR count). The van der Waals surface area contributed by atoms with Gasteiger partial charge in [-0.3, -0.25) is 9.20 Å². The number of nitrogens with one attached hydrogen (secondary N) is 1. The van der Waals surface area contributed by atoms with Gasteiger partial charge in [-0.2, -0.15) is 17.7 Å². The Labute approximate surface area is 174 Å². The van der Waals surface area contributed by atoms with Crippen molar-refractivity contribution >= 4 is 17.3 Å². The quantitative estimate of drug-likeness (QED) is 0.368. The summed E-state index contributed by atoms with van der Waals surface area (Å²) in [5.74, 6) is -5.27. The molecular weight excluding hydrogens is 444 g/mol. The number of hydrogen-bond acceptors (Lipinski definition) is 5. The van der Waals surface area contributed by atoms with Crippen LogP contribution in [0.15, 0.2) is 24.4 Å². The fourth-order valence-corrected chi connectivity index (χ4v) is 3.26. The molecule has 4 aromatic rings. The second-order valence-electron chi connectivity index (χ2n) is 6.97. The highest BCUT2D eigenvalue weighted by Crippen LogP contribution is 2.27. The number of alkyl halides is 3. The van der Waals surface area contributed by atoms with Gasteiger partial charge in [-0.05, 0) is 24.1 Å². The Morgan fingerprint density at radius 1 is 1.09 bits per heavy atom. The van der Waals surface area contributed by atoms with Crippen LogP contribution in [-0.4, -0.2) is 41.1 Å². The van der Waals surface area contributed by atoms with E-state index in [0.29, 0.717) is 12.1 Å². The van der Waals surface area contributed by atoms with Gasteiger partial charge in [-0.25, -0.2) is 18.2 Å². The largest absolute Gasteiger partial charge is 0.453 e. The third kappa shape index (κ3) is 4.07. The molecule has 0 radical (unpaired) electrons. The van der Waals surface area contributed by atoms with Gasteiger partial charge in [0.25, 0.3) is 11.6 Å². The van der Waals surface area contributed by atoms with Crippen LogP contribution in [0, 0.1) is 17.5 Å². The second-order valence-corrected chi connectivity index (χ2v) is 6.97. The van der Waals surface area contributed by atoms with E-state index in [1.807, 2.05) is 0 Å². The van der Waals surface area contributed by atoms with E-state index in [4.69, 9.17) is 0 Å². The van der Waals surface area contributed by atoms with E-state index < -0.39 is 41.4 Å². The maximum Gasteiger partial charge on any atom is 0.453 e. The monoisotopic (exact) mass is 457 g/mol. The van der Waals surface area contributed by atoms with Crippen molar-refractivity contribution in [3.8, 4) is 0 Å². The highest BCUT2D eigenvalue weighted by Gasteiger charge is 2.36. The van der Waals surface area contributed by atoms with Crippen molar-refractivity contribution in [1.29, 1.82) is 0 Å². The van der Waals surface area contributed by atoms with E-state index in [-0.39, 0.29) is 35.7 Å². The maximum atomic E-state index is 14.1. The molecule has 1 N–H and O–H groups in total. The fraction of sp³-hybridized carbons (Fsp3) is 0.278. The Kier molecular flexibility index (Phi) is 5.22. The first-order valence-electron chi connectivity index (χ1n) is 9.10. The summed E-state index contributed by atoms with van der Waals surface area (Å²) in [5, 5.41) is 13.7. The second kappa shape index (κ2) is 7.76. The van der Waals surface area contributed by atoms with E-state index in [1.54, 1.807) is 0 Å². The highest BCUT2D eigenvalue weighted by atomic mass is 19.4. The van der Waals surface area contributed by atoms with Crippen LogP contribution in [0.3, 0.4) is 0 Å². The zero-order valence-corrected chi connectivity index (χ0v) is 16.2. The van der Waals surface area contributed by atoms with Gasteiger partial charge in [0.1, 0.15) is 11.6 Å². The molecule has 0 aliphatic carbocycles. The van der Waals surface area contributed by atoms with Gasteiger partial charge < -0.3 is 5.32 Å². The molecule has 1 amide bonds. The molecule has 0 aliphatic rings. The van der Waals surface area contributed by atoms with E-state index in [2.05, 4.69) is 25.6 Å². The molecule has 0 saturated carbocycles. The van der Waals surface area contributed by atoms with Crippen LogP contribution in [0.4, 0.5) is 26.3 Å². The molecule has 168 valence electrons. The molecule has 3 heterocycles. The topological polar surface area (TPSA) is 89.5 Å². The van der Waals surface area contributed by atoms with Crippen LogP contribution >= 0.6 is 0 Å². The van der Waals surface area contributed by atoms with Crippen LogP contribution in [0.25, 0.3) is 11.4 Å². The number of halogens is 6. The summed E-state index contributed by atoms with van der Waals surface area (Å²) in [5.41, 5.74) is -0.281. The van der Waals surface area contributed by atoms with Gasteiger partial charge >= 0.3 is 6.18 Å². The molecule has 8 nitrogen and oxygen atoms in total. The molecule has 14 heteroatoms. The van der Waals surface area contributed by atoms with E-state index in [9.17, 15) is 31.1 Å². The van der Waals surface area contributed by atoms with Crippen molar-refractivity contribution in [2.45, 2.75) is 32.0 Å². The molecule has 0 saturated heterocycles. The van der Waals surface area contributed by atoms with Crippen molar-refractivity contribution in [2.24, 2.45) is 0 Å². The Morgan fingerprint density at radius 3 is 2.50 bits per heavy atom. The molecule has 0 aliphatic heterocycles. The zero-order valence-electron chi connectivity index (χ0n) is 16.2. The van der Waals surface area contributed by atoms with E-state index >= 15 is 0 Å². The first kappa shape index (κ1) is 21.5. The minimum absolute atomic E-state index is 0.0501. The van der Waals surface area contributed by atoms with Crippen molar-refractivity contribution in [3.05, 3.63) is 59.1 Å². The third-order valence-electron chi connectivity index (χ3n) is 4.59. The lowest BCUT2D eigenvalue weighted by Crippen LogP contribution is -2.37. The number of fused-ring (bicyclic) bond motifs is 3. The van der Waals surface area contributed by atoms with Crippen LogP contribution in [0.2, 0.25) is 0 Å². The molecule has 3 aromatic heterocycles. The van der Waals surface area contributed by atoms with Crippen LogP contribution in [-0.2, 0) is 23.8 Å². The lowest BCUT2D eigenvalue weighted by molar-refractivity contribution is -0.144. The Balaban J connectivity index is 1.68. The van der Waals surface area contributed by atoms with E-state index in [1.165, 1.54) is 23.6 Å². The highest BCUT2D eigenvalue weighted by molar-refractivity contribution is 5.73. The number of benzene rings is 1. The predicted molar refractivity (Wildman–Crippen MR) is 95.9 cm³/mol. The van der Waals surface area contributed by atoms with Crippen molar-refractivity contribution in [3.63, 3.8) is 0 Å². The molecule has 1 atom stereocenters. The molecule has 0 spiro atoms. The van der Waals surface area contributed by atoms with Crippen molar-refractivity contribution in [1.82, 2.24) is 34.5 Å². The summed E-state index contributed by atoms with van der Waals surface area (Å²) in [4.78, 5) is 15.0. The van der Waals surface area contributed by atoms with Crippen LogP contribution < -0.4 is 5.32 Å². The van der Waals surface area contributed by atoms with Gasteiger partial charge in [0.15, 0.2) is 17.3 Å². The first-order chi connectivity index (χ1) is 15.0. The minimum atomic E-state index is -4.75. The van der Waals surface area contributed by atoms with E-state index in [0.717, 1.165) is 4.52 Å². The average molecular weight is 457 g/mol. The van der Waals surface area contributed by atoms with Crippen LogP contribution in [0.5, 0.6) is 0 Å². The van der Waals surface area contributed by atoms with Gasteiger partial charge in [-0.1, -0.05) is 0 Å². The number of hydrogen-bond donors (Lipinski definition) is 1. The number of nitrogens with zero attached hydrogens (tertiary/aromatic N) is 6. The summed E-state index contributed by atoms with van der Waals surface area (Å²) < 4.78 is 81.8. The summed E-state index contributed by atoms with van der Waals surface area (Å²) >= 11 is 0. The third-order valence-corrected chi connectivity index (χ3v) is 4.59. The summed E-state index contributed by atoms with van der Waals surface area (Å²) in [6, 6.07) is 1.56. The molecule has 0 bridgehead atoms. The molecule has 0 unspecified atom stereocenters. The van der Waals surface area contributed by atoms with Gasteiger partial charge in [0, 0.05) is 31.6 Å². The van der Waals surface area contributed by atoms with Crippen LogP contribution in [0.1, 0.15) is 24.1 Å². The lowest BCUT2D eigenvalue weighted by Gasteiger charge is -2.17. The Hall–Kier alpha value is -3.71. The number of aromatic nitrogens is 6. The number of amides is 1. The Bertz CT molecular complexity index is 1330. The number of carbonyl (C=O) groups is 1. The smallest absolute Gasteiger partial charge is 0.353 e. The SMILES string of the molecule is CC(=O)N[C@H](Cc1cc(F)c(F)cc1F)Cc1nnc2n1ccc1nc(C(F)(F)F)nn12. The normalized spacial score (nSPS) is 13.1. The predicted octanol–water partition coefficient (Wildman–Crippen LogP) is 2.50. The Morgan fingerprint density at radius 2 is 1.81 bits per heavy atom. The first-order valence-corrected chi connectivity index (χ1v) is 9.10. The molecule has 0 fully saturated rings.